The van der Waals surface area contributed by atoms with Crippen LogP contribution in [0, 0.1) is 0 Å². The second-order valence-corrected chi connectivity index (χ2v) is 5.26. The molecule has 0 aromatic heterocycles. The van der Waals surface area contributed by atoms with Gasteiger partial charge in [0, 0.05) is 26.2 Å². The van der Waals surface area contributed by atoms with Crippen molar-refractivity contribution < 1.29 is 0 Å². The van der Waals surface area contributed by atoms with E-state index in [1.807, 2.05) is 0 Å². The number of hydrogen-bond acceptors (Lipinski definition) is 2. The van der Waals surface area contributed by atoms with Crippen molar-refractivity contribution in [1.82, 2.24) is 10.2 Å². The first kappa shape index (κ1) is 13.3. The maximum absolute atomic E-state index is 3.67. The molecule has 1 atom stereocenters. The molecule has 2 rings (SSSR count). The van der Waals surface area contributed by atoms with Gasteiger partial charge in [0.2, 0.25) is 0 Å². The van der Waals surface area contributed by atoms with E-state index in [4.69, 9.17) is 0 Å². The minimum Gasteiger partial charge on any atom is -0.305 e. The first-order chi connectivity index (χ1) is 8.74. The molecule has 0 saturated carbocycles. The van der Waals surface area contributed by atoms with Gasteiger partial charge in [-0.15, -0.1) is 0 Å². The fourth-order valence-corrected chi connectivity index (χ4v) is 2.69. The molecular formula is C16H24N2. The van der Waals surface area contributed by atoms with Crippen LogP contribution in [0.2, 0.25) is 0 Å². The largest absolute Gasteiger partial charge is 0.305 e. The summed E-state index contributed by atoms with van der Waals surface area (Å²) in [6, 6.07) is 10.8. The van der Waals surface area contributed by atoms with Crippen molar-refractivity contribution in [3.63, 3.8) is 0 Å². The van der Waals surface area contributed by atoms with Crippen molar-refractivity contribution in [2.75, 3.05) is 26.2 Å². The number of hydrogen-bond donors (Lipinski definition) is 1. The highest BCUT2D eigenvalue weighted by Crippen LogP contribution is 2.24. The molecule has 0 aliphatic carbocycles. The molecule has 0 bridgehead atoms. The highest BCUT2D eigenvalue weighted by atomic mass is 15.2. The van der Waals surface area contributed by atoms with E-state index >= 15 is 0 Å². The van der Waals surface area contributed by atoms with E-state index in [-0.39, 0.29) is 5.54 Å². The van der Waals surface area contributed by atoms with Gasteiger partial charge in [-0.1, -0.05) is 42.5 Å². The van der Waals surface area contributed by atoms with E-state index < -0.39 is 0 Å². The maximum atomic E-state index is 3.67. The lowest BCUT2D eigenvalue weighted by atomic mass is 9.89. The quantitative estimate of drug-likeness (QED) is 0.819. The number of nitrogens with one attached hydrogen (secondary N) is 1. The van der Waals surface area contributed by atoms with Crippen molar-refractivity contribution in [3.05, 3.63) is 48.0 Å². The van der Waals surface area contributed by atoms with Crippen LogP contribution in [0.4, 0.5) is 0 Å². The Morgan fingerprint density at radius 2 is 2.11 bits per heavy atom. The number of rotatable bonds is 4. The predicted octanol–water partition coefficient (Wildman–Crippen LogP) is 2.77. The normalized spacial score (nSPS) is 25.7. The molecule has 1 aliphatic rings. The molecule has 1 heterocycles. The summed E-state index contributed by atoms with van der Waals surface area (Å²) in [6.07, 6.45) is 5.54. The topological polar surface area (TPSA) is 15.3 Å². The third-order valence-electron chi connectivity index (χ3n) is 3.74. The molecule has 0 radical (unpaired) electrons. The fraction of sp³-hybridized carbons (Fsp3) is 0.500. The van der Waals surface area contributed by atoms with Gasteiger partial charge in [-0.05, 0) is 25.8 Å². The summed E-state index contributed by atoms with van der Waals surface area (Å²) in [5.41, 5.74) is 1.48. The van der Waals surface area contributed by atoms with Gasteiger partial charge in [-0.25, -0.2) is 0 Å². The number of allylic oxidation sites excluding steroid dienone is 1. The Morgan fingerprint density at radius 3 is 2.83 bits per heavy atom. The summed E-state index contributed by atoms with van der Waals surface area (Å²) in [6.45, 7) is 8.88. The molecule has 1 saturated heterocycles. The fourth-order valence-electron chi connectivity index (χ4n) is 2.69. The number of benzene rings is 1. The van der Waals surface area contributed by atoms with E-state index in [1.165, 1.54) is 5.56 Å². The summed E-state index contributed by atoms with van der Waals surface area (Å²) in [4.78, 5) is 2.56. The van der Waals surface area contributed by atoms with Gasteiger partial charge in [-0.2, -0.15) is 0 Å². The first-order valence-corrected chi connectivity index (χ1v) is 6.89. The molecule has 98 valence electrons. The van der Waals surface area contributed by atoms with Gasteiger partial charge in [0.1, 0.15) is 0 Å². The molecule has 0 amide bonds. The summed E-state index contributed by atoms with van der Waals surface area (Å²) < 4.78 is 0. The summed E-state index contributed by atoms with van der Waals surface area (Å²) in [7, 11) is 0. The standard InChI is InChI=1S/C16H24N2/c1-3-4-8-12-18-13-11-17-16(2,14-18)15-9-6-5-7-10-15/h3-7,9-10,17H,8,11-14H2,1-2H3/b4-3+. The Kier molecular flexibility index (Phi) is 4.56. The molecule has 1 aromatic carbocycles. The van der Waals surface area contributed by atoms with Crippen LogP contribution in [0.3, 0.4) is 0 Å². The minimum atomic E-state index is 0.0927. The van der Waals surface area contributed by atoms with Crippen molar-refractivity contribution >= 4 is 0 Å². The van der Waals surface area contributed by atoms with Crippen LogP contribution in [-0.4, -0.2) is 31.1 Å². The van der Waals surface area contributed by atoms with Crippen molar-refractivity contribution in [3.8, 4) is 0 Å². The van der Waals surface area contributed by atoms with Crippen LogP contribution < -0.4 is 5.32 Å². The first-order valence-electron chi connectivity index (χ1n) is 6.89. The van der Waals surface area contributed by atoms with Crippen LogP contribution in [-0.2, 0) is 5.54 Å². The van der Waals surface area contributed by atoms with E-state index in [0.717, 1.165) is 32.6 Å². The minimum absolute atomic E-state index is 0.0927. The van der Waals surface area contributed by atoms with Gasteiger partial charge >= 0.3 is 0 Å². The monoisotopic (exact) mass is 244 g/mol. The molecule has 1 N–H and O–H groups in total. The van der Waals surface area contributed by atoms with Gasteiger partial charge in [0.15, 0.2) is 0 Å². The molecule has 2 heteroatoms. The molecule has 1 unspecified atom stereocenters. The average Bonchev–Trinajstić information content (AvgIpc) is 2.40. The molecule has 1 aliphatic heterocycles. The molecule has 1 aromatic rings. The maximum Gasteiger partial charge on any atom is 0.0535 e. The Hall–Kier alpha value is -1.12. The molecular weight excluding hydrogens is 220 g/mol. The molecule has 0 spiro atoms. The second-order valence-electron chi connectivity index (χ2n) is 5.26. The Balaban J connectivity index is 2.01. The van der Waals surface area contributed by atoms with E-state index in [1.54, 1.807) is 0 Å². The van der Waals surface area contributed by atoms with E-state index in [9.17, 15) is 0 Å². The predicted molar refractivity (Wildman–Crippen MR) is 77.7 cm³/mol. The van der Waals surface area contributed by atoms with Gasteiger partial charge in [-0.3, -0.25) is 4.90 Å². The zero-order chi connectivity index (χ0) is 12.8. The van der Waals surface area contributed by atoms with Crippen LogP contribution in [0.15, 0.2) is 42.5 Å². The Labute approximate surface area is 111 Å². The van der Waals surface area contributed by atoms with Crippen molar-refractivity contribution in [2.24, 2.45) is 0 Å². The third-order valence-corrected chi connectivity index (χ3v) is 3.74. The SMILES string of the molecule is C/C=C/CCN1CCNC(C)(c2ccccc2)C1. The smallest absolute Gasteiger partial charge is 0.0535 e. The van der Waals surface area contributed by atoms with Crippen LogP contribution >= 0.6 is 0 Å². The van der Waals surface area contributed by atoms with Crippen LogP contribution in [0.1, 0.15) is 25.8 Å². The van der Waals surface area contributed by atoms with Gasteiger partial charge in [0.25, 0.3) is 0 Å². The molecule has 1 fully saturated rings. The lowest BCUT2D eigenvalue weighted by Crippen LogP contribution is -2.56. The second kappa shape index (κ2) is 6.17. The highest BCUT2D eigenvalue weighted by Gasteiger charge is 2.31. The zero-order valence-electron chi connectivity index (χ0n) is 11.5. The highest BCUT2D eigenvalue weighted by molar-refractivity contribution is 5.24. The van der Waals surface area contributed by atoms with Crippen molar-refractivity contribution in [1.29, 1.82) is 0 Å². The Bertz CT molecular complexity index is 385. The van der Waals surface area contributed by atoms with Crippen LogP contribution in [0.25, 0.3) is 0 Å². The average molecular weight is 244 g/mol. The lowest BCUT2D eigenvalue weighted by molar-refractivity contribution is 0.145. The summed E-state index contributed by atoms with van der Waals surface area (Å²) >= 11 is 0. The van der Waals surface area contributed by atoms with Crippen LogP contribution in [0.5, 0.6) is 0 Å². The Morgan fingerprint density at radius 1 is 1.33 bits per heavy atom. The number of nitrogens with zero attached hydrogens (tertiary/aromatic N) is 1. The molecule has 18 heavy (non-hydrogen) atoms. The summed E-state index contributed by atoms with van der Waals surface area (Å²) in [5, 5.41) is 3.67. The summed E-state index contributed by atoms with van der Waals surface area (Å²) in [5.74, 6) is 0. The third kappa shape index (κ3) is 3.21. The van der Waals surface area contributed by atoms with Gasteiger partial charge < -0.3 is 5.32 Å². The van der Waals surface area contributed by atoms with E-state index in [0.29, 0.717) is 0 Å². The zero-order valence-corrected chi connectivity index (χ0v) is 11.5. The van der Waals surface area contributed by atoms with E-state index in [2.05, 4.69) is 66.5 Å². The van der Waals surface area contributed by atoms with Crippen molar-refractivity contribution in [2.45, 2.75) is 25.8 Å². The molecule has 2 nitrogen and oxygen atoms in total. The number of piperazine rings is 1. The van der Waals surface area contributed by atoms with Gasteiger partial charge in [0.05, 0.1) is 5.54 Å². The lowest BCUT2D eigenvalue weighted by Gasteiger charge is -2.42.